The number of carbonyl (C=O) groups is 1. The van der Waals surface area contributed by atoms with Crippen molar-refractivity contribution in [3.63, 3.8) is 0 Å². The van der Waals surface area contributed by atoms with Crippen LogP contribution in [0.1, 0.15) is 32.1 Å². The first-order valence-corrected chi connectivity index (χ1v) is 4.83. The highest BCUT2D eigenvalue weighted by atomic mass is 16.4. The Kier molecular flexibility index (Phi) is 3.33. The number of nitrogens with two attached hydrogens (primary N) is 1. The third-order valence-electron chi connectivity index (χ3n) is 3.07. The molecule has 0 heterocycles. The minimum Gasteiger partial charge on any atom is -0.409 e. The van der Waals surface area contributed by atoms with Crippen molar-refractivity contribution in [2.24, 2.45) is 16.3 Å². The fraction of sp³-hybridized carbons (Fsp3) is 0.778. The lowest BCUT2D eigenvalue weighted by atomic mass is 9.65. The van der Waals surface area contributed by atoms with E-state index in [2.05, 4.69) is 10.5 Å². The Labute approximate surface area is 83.3 Å². The summed E-state index contributed by atoms with van der Waals surface area (Å²) >= 11 is 0. The van der Waals surface area contributed by atoms with Crippen LogP contribution in [0.4, 0.5) is 0 Å². The van der Waals surface area contributed by atoms with Crippen molar-refractivity contribution in [3.05, 3.63) is 0 Å². The normalized spacial score (nSPS) is 19.9. The lowest BCUT2D eigenvalue weighted by molar-refractivity contribution is -0.121. The van der Waals surface area contributed by atoms with Gasteiger partial charge in [0.1, 0.15) is 5.84 Å². The molecule has 1 rings (SSSR count). The highest BCUT2D eigenvalue weighted by Crippen LogP contribution is 2.44. The van der Waals surface area contributed by atoms with Gasteiger partial charge in [0.2, 0.25) is 5.91 Å². The highest BCUT2D eigenvalue weighted by Gasteiger charge is 2.41. The lowest BCUT2D eigenvalue weighted by Gasteiger charge is -2.40. The monoisotopic (exact) mass is 199 g/mol. The van der Waals surface area contributed by atoms with Crippen molar-refractivity contribution >= 4 is 11.7 Å². The van der Waals surface area contributed by atoms with Crippen LogP contribution >= 0.6 is 0 Å². The summed E-state index contributed by atoms with van der Waals surface area (Å²) in [5, 5.41) is 14.2. The fourth-order valence-electron chi connectivity index (χ4n) is 1.82. The maximum Gasteiger partial charge on any atom is 0.219 e. The van der Waals surface area contributed by atoms with E-state index in [9.17, 15) is 4.79 Å². The summed E-state index contributed by atoms with van der Waals surface area (Å²) in [6.45, 7) is 0. The molecule has 0 aromatic rings. The van der Waals surface area contributed by atoms with Gasteiger partial charge in [0.25, 0.3) is 0 Å². The first kappa shape index (κ1) is 10.8. The van der Waals surface area contributed by atoms with E-state index in [1.54, 1.807) is 7.05 Å². The SMILES string of the molecule is CNC(=O)CCC1(C(N)=NO)CCC1. The minimum absolute atomic E-state index is 0.00187. The summed E-state index contributed by atoms with van der Waals surface area (Å²) in [6.07, 6.45) is 4.03. The predicted octanol–water partition coefficient (Wildman–Crippen LogP) is 0.429. The molecule has 1 fully saturated rings. The number of rotatable bonds is 4. The van der Waals surface area contributed by atoms with Gasteiger partial charge in [0, 0.05) is 18.9 Å². The van der Waals surface area contributed by atoms with Crippen LogP contribution in [-0.4, -0.2) is 24.0 Å². The number of amides is 1. The third kappa shape index (κ3) is 1.97. The zero-order valence-corrected chi connectivity index (χ0v) is 8.42. The maximum absolute atomic E-state index is 11.1. The molecule has 0 aromatic heterocycles. The molecule has 1 aliphatic carbocycles. The summed E-state index contributed by atoms with van der Waals surface area (Å²) in [4.78, 5) is 11.1. The van der Waals surface area contributed by atoms with Gasteiger partial charge < -0.3 is 16.3 Å². The van der Waals surface area contributed by atoms with Crippen LogP contribution in [0.15, 0.2) is 5.16 Å². The molecule has 0 spiro atoms. The number of nitrogens with one attached hydrogen (secondary N) is 1. The molecule has 1 aliphatic rings. The molecule has 0 saturated heterocycles. The Morgan fingerprint density at radius 1 is 1.64 bits per heavy atom. The van der Waals surface area contributed by atoms with Crippen LogP contribution in [0.3, 0.4) is 0 Å². The minimum atomic E-state index is -0.221. The average molecular weight is 199 g/mol. The molecule has 0 unspecified atom stereocenters. The van der Waals surface area contributed by atoms with E-state index >= 15 is 0 Å². The smallest absolute Gasteiger partial charge is 0.219 e. The predicted molar refractivity (Wildman–Crippen MR) is 53.0 cm³/mol. The van der Waals surface area contributed by atoms with Crippen LogP contribution in [0.5, 0.6) is 0 Å². The standard InChI is InChI=1S/C9H17N3O2/c1-11-7(13)3-6-9(4-2-5-9)8(10)12-14/h14H,2-6H2,1H3,(H2,10,12)(H,11,13). The van der Waals surface area contributed by atoms with Crippen LogP contribution in [0.2, 0.25) is 0 Å². The Hall–Kier alpha value is -1.26. The summed E-state index contributed by atoms with van der Waals surface area (Å²) < 4.78 is 0. The van der Waals surface area contributed by atoms with E-state index in [4.69, 9.17) is 10.9 Å². The van der Waals surface area contributed by atoms with Gasteiger partial charge >= 0.3 is 0 Å². The second-order valence-electron chi connectivity index (χ2n) is 3.79. The Morgan fingerprint density at radius 3 is 2.64 bits per heavy atom. The molecule has 0 atom stereocenters. The Bertz CT molecular complexity index is 246. The van der Waals surface area contributed by atoms with Crippen molar-refractivity contribution < 1.29 is 10.0 Å². The van der Waals surface area contributed by atoms with Gasteiger partial charge in [0.15, 0.2) is 0 Å². The van der Waals surface area contributed by atoms with Crippen molar-refractivity contribution in [2.45, 2.75) is 32.1 Å². The van der Waals surface area contributed by atoms with Crippen LogP contribution in [0, 0.1) is 5.41 Å². The van der Waals surface area contributed by atoms with Gasteiger partial charge in [-0.2, -0.15) is 0 Å². The topological polar surface area (TPSA) is 87.7 Å². The summed E-state index contributed by atoms with van der Waals surface area (Å²) in [6, 6.07) is 0. The average Bonchev–Trinajstić information content (AvgIpc) is 2.15. The molecular weight excluding hydrogens is 182 g/mol. The number of nitrogens with zero attached hydrogens (tertiary/aromatic N) is 1. The second-order valence-corrected chi connectivity index (χ2v) is 3.79. The molecule has 0 aromatic carbocycles. The van der Waals surface area contributed by atoms with Gasteiger partial charge in [-0.25, -0.2) is 0 Å². The van der Waals surface area contributed by atoms with E-state index in [-0.39, 0.29) is 17.2 Å². The first-order valence-electron chi connectivity index (χ1n) is 4.83. The molecule has 0 radical (unpaired) electrons. The van der Waals surface area contributed by atoms with E-state index in [1.807, 2.05) is 0 Å². The van der Waals surface area contributed by atoms with Gasteiger partial charge in [-0.3, -0.25) is 4.79 Å². The molecule has 5 heteroatoms. The summed E-state index contributed by atoms with van der Waals surface area (Å²) in [5.41, 5.74) is 5.39. The fourth-order valence-corrected chi connectivity index (χ4v) is 1.82. The maximum atomic E-state index is 11.1. The Morgan fingerprint density at radius 2 is 2.29 bits per heavy atom. The van der Waals surface area contributed by atoms with E-state index in [1.165, 1.54) is 0 Å². The molecule has 5 nitrogen and oxygen atoms in total. The quantitative estimate of drug-likeness (QED) is 0.265. The largest absolute Gasteiger partial charge is 0.409 e. The first-order chi connectivity index (χ1) is 6.64. The zero-order valence-electron chi connectivity index (χ0n) is 8.42. The van der Waals surface area contributed by atoms with Gasteiger partial charge in [-0.1, -0.05) is 11.6 Å². The third-order valence-corrected chi connectivity index (χ3v) is 3.07. The van der Waals surface area contributed by atoms with Crippen LogP contribution in [-0.2, 0) is 4.79 Å². The van der Waals surface area contributed by atoms with Gasteiger partial charge in [0.05, 0.1) is 0 Å². The number of oxime groups is 1. The van der Waals surface area contributed by atoms with E-state index in [0.717, 1.165) is 19.3 Å². The molecule has 1 saturated carbocycles. The molecule has 0 aliphatic heterocycles. The Balaban J connectivity index is 2.50. The van der Waals surface area contributed by atoms with Crippen molar-refractivity contribution in [1.82, 2.24) is 5.32 Å². The van der Waals surface area contributed by atoms with Gasteiger partial charge in [-0.05, 0) is 19.3 Å². The molecule has 14 heavy (non-hydrogen) atoms. The summed E-state index contributed by atoms with van der Waals surface area (Å²) in [7, 11) is 1.61. The lowest BCUT2D eigenvalue weighted by Crippen LogP contribution is -2.43. The molecular formula is C9H17N3O2. The van der Waals surface area contributed by atoms with E-state index < -0.39 is 0 Å². The number of carbonyl (C=O) groups excluding carboxylic acids is 1. The van der Waals surface area contributed by atoms with Gasteiger partial charge in [-0.15, -0.1) is 0 Å². The zero-order chi connectivity index (χ0) is 10.6. The van der Waals surface area contributed by atoms with Crippen molar-refractivity contribution in [3.8, 4) is 0 Å². The molecule has 1 amide bonds. The molecule has 0 bridgehead atoms. The summed E-state index contributed by atoms with van der Waals surface area (Å²) in [5.74, 6) is 0.273. The van der Waals surface area contributed by atoms with Crippen LogP contribution < -0.4 is 11.1 Å². The molecule has 80 valence electrons. The van der Waals surface area contributed by atoms with Crippen molar-refractivity contribution in [2.75, 3.05) is 7.05 Å². The van der Waals surface area contributed by atoms with Crippen LogP contribution in [0.25, 0.3) is 0 Å². The number of hydrogen-bond acceptors (Lipinski definition) is 3. The number of amidine groups is 1. The number of hydrogen-bond donors (Lipinski definition) is 3. The highest BCUT2D eigenvalue weighted by molar-refractivity contribution is 5.87. The van der Waals surface area contributed by atoms with E-state index in [0.29, 0.717) is 12.8 Å². The van der Waals surface area contributed by atoms with Crippen molar-refractivity contribution in [1.29, 1.82) is 0 Å². The molecule has 4 N–H and O–H groups in total. The second kappa shape index (κ2) is 4.30.